The van der Waals surface area contributed by atoms with Crippen molar-refractivity contribution in [3.05, 3.63) is 0 Å². The molecule has 1 heterocycles. The van der Waals surface area contributed by atoms with Crippen LogP contribution < -0.4 is 5.73 Å². The summed E-state index contributed by atoms with van der Waals surface area (Å²) in [6, 6.07) is -0.736. The Kier molecular flexibility index (Phi) is 4.55. The van der Waals surface area contributed by atoms with Crippen molar-refractivity contribution >= 4 is 15.7 Å². The Morgan fingerprint density at radius 1 is 1.47 bits per heavy atom. The zero-order chi connectivity index (χ0) is 13.2. The van der Waals surface area contributed by atoms with Gasteiger partial charge in [-0.15, -0.1) is 0 Å². The molecule has 0 radical (unpaired) electrons. The van der Waals surface area contributed by atoms with Crippen LogP contribution in [0, 0.1) is 5.92 Å². The maximum absolute atomic E-state index is 12.1. The second kappa shape index (κ2) is 5.35. The molecule has 1 rings (SSSR count). The van der Waals surface area contributed by atoms with Gasteiger partial charge in [0.25, 0.3) is 0 Å². The van der Waals surface area contributed by atoms with Gasteiger partial charge in [-0.2, -0.15) is 0 Å². The van der Waals surface area contributed by atoms with Crippen LogP contribution in [0.4, 0.5) is 0 Å². The van der Waals surface area contributed by atoms with Gasteiger partial charge in [0, 0.05) is 12.6 Å². The standard InChI is InChI=1S/C11H22N2O3S/c1-4-13(11(14)10(12)8(2)3)9-5-6-17(15,16)7-9/h8-10H,4-7,12H2,1-3H3. The first-order valence-electron chi connectivity index (χ1n) is 6.05. The lowest BCUT2D eigenvalue weighted by molar-refractivity contribution is -0.135. The average Bonchev–Trinajstić information content (AvgIpc) is 2.58. The highest BCUT2D eigenvalue weighted by Crippen LogP contribution is 2.19. The highest BCUT2D eigenvalue weighted by atomic mass is 32.2. The van der Waals surface area contributed by atoms with Crippen LogP contribution in [0.3, 0.4) is 0 Å². The van der Waals surface area contributed by atoms with Gasteiger partial charge < -0.3 is 10.6 Å². The fraction of sp³-hybridized carbons (Fsp3) is 0.909. The fourth-order valence-electron chi connectivity index (χ4n) is 2.09. The molecular formula is C11H22N2O3S. The number of sulfone groups is 1. The third-order valence-electron chi connectivity index (χ3n) is 3.28. The Morgan fingerprint density at radius 3 is 2.41 bits per heavy atom. The van der Waals surface area contributed by atoms with Crippen molar-refractivity contribution in [2.45, 2.75) is 39.3 Å². The second-order valence-corrected chi connectivity index (χ2v) is 7.18. The summed E-state index contributed by atoms with van der Waals surface area (Å²) in [4.78, 5) is 13.7. The molecule has 2 unspecified atom stereocenters. The number of carbonyl (C=O) groups is 1. The molecular weight excluding hydrogens is 240 g/mol. The zero-order valence-corrected chi connectivity index (χ0v) is 11.5. The van der Waals surface area contributed by atoms with Gasteiger partial charge in [-0.3, -0.25) is 4.79 Å². The van der Waals surface area contributed by atoms with E-state index in [1.165, 1.54) is 0 Å². The van der Waals surface area contributed by atoms with E-state index in [2.05, 4.69) is 0 Å². The van der Waals surface area contributed by atoms with E-state index in [4.69, 9.17) is 5.73 Å². The van der Waals surface area contributed by atoms with E-state index in [1.54, 1.807) is 4.90 Å². The summed E-state index contributed by atoms with van der Waals surface area (Å²) in [5.74, 6) is 0.189. The molecule has 0 saturated carbocycles. The number of hydrogen-bond acceptors (Lipinski definition) is 4. The van der Waals surface area contributed by atoms with Crippen LogP contribution >= 0.6 is 0 Å². The molecule has 0 spiro atoms. The molecule has 0 aromatic rings. The Labute approximate surface area is 103 Å². The van der Waals surface area contributed by atoms with Crippen molar-refractivity contribution in [1.82, 2.24) is 4.90 Å². The summed E-state index contributed by atoms with van der Waals surface area (Å²) in [7, 11) is -2.96. The quantitative estimate of drug-likeness (QED) is 0.773. The van der Waals surface area contributed by atoms with Gasteiger partial charge in [0.15, 0.2) is 9.84 Å². The predicted octanol–water partition coefficient (Wildman–Crippen LogP) is 0.00530. The predicted molar refractivity (Wildman–Crippen MR) is 67.3 cm³/mol. The highest BCUT2D eigenvalue weighted by Gasteiger charge is 2.35. The number of hydrogen-bond donors (Lipinski definition) is 1. The molecule has 0 aromatic heterocycles. The highest BCUT2D eigenvalue weighted by molar-refractivity contribution is 7.91. The normalized spacial score (nSPS) is 24.9. The number of carbonyl (C=O) groups excluding carboxylic acids is 1. The third kappa shape index (κ3) is 3.42. The van der Waals surface area contributed by atoms with Gasteiger partial charge in [0.2, 0.25) is 5.91 Å². The SMILES string of the molecule is CCN(C(=O)C(N)C(C)C)C1CCS(=O)(=O)C1. The first kappa shape index (κ1) is 14.4. The minimum absolute atomic E-state index is 0.0644. The fourth-order valence-corrected chi connectivity index (χ4v) is 3.82. The van der Waals surface area contributed by atoms with Crippen molar-refractivity contribution in [2.75, 3.05) is 18.1 Å². The van der Waals surface area contributed by atoms with Gasteiger partial charge >= 0.3 is 0 Å². The molecule has 0 bridgehead atoms. The van der Waals surface area contributed by atoms with Crippen LogP contribution in [0.15, 0.2) is 0 Å². The molecule has 1 amide bonds. The number of nitrogens with zero attached hydrogens (tertiary/aromatic N) is 1. The average molecular weight is 262 g/mol. The lowest BCUT2D eigenvalue weighted by atomic mass is 10.0. The van der Waals surface area contributed by atoms with Crippen molar-refractivity contribution in [3.63, 3.8) is 0 Å². The van der Waals surface area contributed by atoms with E-state index in [-0.39, 0.29) is 29.4 Å². The van der Waals surface area contributed by atoms with Gasteiger partial charge in [-0.05, 0) is 19.3 Å². The number of rotatable bonds is 4. The first-order valence-corrected chi connectivity index (χ1v) is 7.87. The van der Waals surface area contributed by atoms with Crippen molar-refractivity contribution in [2.24, 2.45) is 11.7 Å². The summed E-state index contributed by atoms with van der Waals surface area (Å²) >= 11 is 0. The molecule has 6 heteroatoms. The largest absolute Gasteiger partial charge is 0.338 e. The van der Waals surface area contributed by atoms with Gasteiger partial charge in [-0.25, -0.2) is 8.42 Å². The van der Waals surface area contributed by atoms with Crippen LogP contribution in [0.2, 0.25) is 0 Å². The maximum atomic E-state index is 12.1. The minimum atomic E-state index is -2.96. The first-order chi connectivity index (χ1) is 7.78. The lowest BCUT2D eigenvalue weighted by Crippen LogP contribution is -2.50. The van der Waals surface area contributed by atoms with Crippen LogP contribution in [-0.2, 0) is 14.6 Å². The van der Waals surface area contributed by atoms with Gasteiger partial charge in [0.1, 0.15) is 0 Å². The minimum Gasteiger partial charge on any atom is -0.338 e. The number of amides is 1. The van der Waals surface area contributed by atoms with E-state index in [0.29, 0.717) is 13.0 Å². The molecule has 1 aliphatic rings. The molecule has 0 aromatic carbocycles. The molecule has 17 heavy (non-hydrogen) atoms. The summed E-state index contributed by atoms with van der Waals surface area (Å²) in [5.41, 5.74) is 5.83. The monoisotopic (exact) mass is 262 g/mol. The Bertz CT molecular complexity index is 378. The summed E-state index contributed by atoms with van der Waals surface area (Å²) < 4.78 is 22.8. The second-order valence-electron chi connectivity index (χ2n) is 4.95. The third-order valence-corrected chi connectivity index (χ3v) is 5.03. The van der Waals surface area contributed by atoms with Crippen LogP contribution in [0.25, 0.3) is 0 Å². The van der Waals surface area contributed by atoms with Gasteiger partial charge in [0.05, 0.1) is 17.5 Å². The Balaban J connectivity index is 2.76. The molecule has 1 fully saturated rings. The van der Waals surface area contributed by atoms with Crippen LogP contribution in [-0.4, -0.2) is 49.4 Å². The molecule has 2 N–H and O–H groups in total. The zero-order valence-electron chi connectivity index (χ0n) is 10.7. The molecule has 0 aliphatic carbocycles. The van der Waals surface area contributed by atoms with E-state index >= 15 is 0 Å². The maximum Gasteiger partial charge on any atom is 0.240 e. The Morgan fingerprint density at radius 2 is 2.06 bits per heavy atom. The van der Waals surface area contributed by atoms with Crippen LogP contribution in [0.5, 0.6) is 0 Å². The van der Waals surface area contributed by atoms with E-state index in [1.807, 2.05) is 20.8 Å². The smallest absolute Gasteiger partial charge is 0.240 e. The van der Waals surface area contributed by atoms with Gasteiger partial charge in [-0.1, -0.05) is 13.8 Å². The lowest BCUT2D eigenvalue weighted by Gasteiger charge is -2.30. The molecule has 100 valence electrons. The van der Waals surface area contributed by atoms with E-state index < -0.39 is 15.9 Å². The molecule has 5 nitrogen and oxygen atoms in total. The number of nitrogens with two attached hydrogens (primary N) is 1. The number of likely N-dealkylation sites (N-methyl/N-ethyl adjacent to an activating group) is 1. The van der Waals surface area contributed by atoms with Crippen molar-refractivity contribution in [3.8, 4) is 0 Å². The summed E-state index contributed by atoms with van der Waals surface area (Å²) in [6.07, 6.45) is 0.534. The molecule has 1 saturated heterocycles. The van der Waals surface area contributed by atoms with Crippen molar-refractivity contribution < 1.29 is 13.2 Å². The van der Waals surface area contributed by atoms with Crippen LogP contribution in [0.1, 0.15) is 27.2 Å². The topological polar surface area (TPSA) is 80.5 Å². The molecule has 2 atom stereocenters. The Hall–Kier alpha value is -0.620. The molecule has 1 aliphatic heterocycles. The summed E-state index contributed by atoms with van der Waals surface area (Å²) in [5, 5.41) is 0. The van der Waals surface area contributed by atoms with E-state index in [9.17, 15) is 13.2 Å². The summed E-state index contributed by atoms with van der Waals surface area (Å²) in [6.45, 7) is 6.15. The van der Waals surface area contributed by atoms with E-state index in [0.717, 1.165) is 0 Å². The van der Waals surface area contributed by atoms with Crippen molar-refractivity contribution in [1.29, 1.82) is 0 Å².